The largest absolute Gasteiger partial charge is 0.493 e. The van der Waals surface area contributed by atoms with Crippen LogP contribution in [0.4, 0.5) is 4.39 Å². The lowest BCUT2D eigenvalue weighted by Crippen LogP contribution is -2.37. The van der Waals surface area contributed by atoms with Gasteiger partial charge < -0.3 is 14.1 Å². The van der Waals surface area contributed by atoms with E-state index >= 15 is 0 Å². The fourth-order valence-electron chi connectivity index (χ4n) is 3.55. The third-order valence-corrected chi connectivity index (χ3v) is 7.05. The van der Waals surface area contributed by atoms with Crippen LogP contribution < -0.4 is 4.74 Å². The number of amides is 1. The Morgan fingerprint density at radius 1 is 1.07 bits per heavy atom. The molecule has 0 bridgehead atoms. The maximum absolute atomic E-state index is 13.1. The van der Waals surface area contributed by atoms with Gasteiger partial charge in [-0.3, -0.25) is 4.79 Å². The van der Waals surface area contributed by atoms with Crippen LogP contribution in [0.15, 0.2) is 57.8 Å². The number of benzene rings is 2. The quantitative estimate of drug-likeness (QED) is 0.633. The maximum atomic E-state index is 13.1. The lowest BCUT2D eigenvalue weighted by Gasteiger charge is -2.21. The minimum Gasteiger partial charge on any atom is -0.493 e. The summed E-state index contributed by atoms with van der Waals surface area (Å²) in [4.78, 5) is 14.6. The number of sulfonamides is 1. The molecule has 4 rings (SSSR count). The van der Waals surface area contributed by atoms with Gasteiger partial charge in [0, 0.05) is 31.6 Å². The van der Waals surface area contributed by atoms with Crippen LogP contribution in [0.1, 0.15) is 17.0 Å². The Hall–Kier alpha value is -2.91. The molecule has 1 amide bonds. The molecule has 0 radical (unpaired) electrons. The molecular formula is C21H21FN2O5S. The van der Waals surface area contributed by atoms with Crippen molar-refractivity contribution in [1.82, 2.24) is 9.21 Å². The number of ether oxygens (including phenoxy) is 1. The van der Waals surface area contributed by atoms with Gasteiger partial charge in [0.2, 0.25) is 10.0 Å². The second-order valence-electron chi connectivity index (χ2n) is 6.99. The number of para-hydroxylation sites is 1. The van der Waals surface area contributed by atoms with Crippen molar-refractivity contribution in [2.45, 2.75) is 11.3 Å². The van der Waals surface area contributed by atoms with Crippen LogP contribution in [0.5, 0.6) is 5.75 Å². The average molecular weight is 432 g/mol. The highest BCUT2D eigenvalue weighted by Gasteiger charge is 2.29. The number of methoxy groups -OCH3 is 1. The molecule has 0 saturated carbocycles. The van der Waals surface area contributed by atoms with Crippen LogP contribution >= 0.6 is 0 Å². The average Bonchev–Trinajstić information content (AvgIpc) is 3.02. The van der Waals surface area contributed by atoms with Crippen LogP contribution in [0.2, 0.25) is 0 Å². The van der Waals surface area contributed by atoms with E-state index in [-0.39, 0.29) is 36.2 Å². The zero-order chi connectivity index (χ0) is 21.3. The summed E-state index contributed by atoms with van der Waals surface area (Å²) in [5.41, 5.74) is 0.499. The minimum atomic E-state index is -3.76. The Morgan fingerprint density at radius 3 is 2.57 bits per heavy atom. The maximum Gasteiger partial charge on any atom is 0.289 e. The predicted molar refractivity (Wildman–Crippen MR) is 108 cm³/mol. The molecule has 0 spiro atoms. The lowest BCUT2D eigenvalue weighted by molar-refractivity contribution is 0.0734. The van der Waals surface area contributed by atoms with Gasteiger partial charge in [0.1, 0.15) is 5.82 Å². The second kappa shape index (κ2) is 8.08. The third kappa shape index (κ3) is 3.78. The standard InChI is InChI=1S/C21H21FN2O5S/c1-28-18-5-2-4-15-14-19(29-20(15)18)21(25)23-10-3-11-24(13-12-23)30(26,27)17-8-6-16(22)7-9-17/h2,4-9,14H,3,10-13H2,1H3. The number of carbonyl (C=O) groups is 1. The Morgan fingerprint density at radius 2 is 1.83 bits per heavy atom. The van der Waals surface area contributed by atoms with Crippen molar-refractivity contribution in [3.8, 4) is 5.75 Å². The Kier molecular flexibility index (Phi) is 5.48. The van der Waals surface area contributed by atoms with Gasteiger partial charge in [0.15, 0.2) is 17.1 Å². The van der Waals surface area contributed by atoms with Crippen molar-refractivity contribution in [1.29, 1.82) is 0 Å². The molecule has 0 unspecified atom stereocenters. The van der Waals surface area contributed by atoms with Crippen molar-refractivity contribution in [3.05, 3.63) is 60.1 Å². The molecule has 1 aliphatic heterocycles. The number of furan rings is 1. The molecule has 0 atom stereocenters. The predicted octanol–water partition coefficient (Wildman–Crippen LogP) is 3.12. The van der Waals surface area contributed by atoms with Crippen LogP contribution in [0.3, 0.4) is 0 Å². The van der Waals surface area contributed by atoms with Crippen LogP contribution in [-0.4, -0.2) is 56.8 Å². The number of halogens is 1. The molecule has 1 aromatic heterocycles. The SMILES string of the molecule is COc1cccc2cc(C(=O)N3CCCN(S(=O)(=O)c4ccc(F)cc4)CC3)oc12. The highest BCUT2D eigenvalue weighted by molar-refractivity contribution is 7.89. The van der Waals surface area contributed by atoms with E-state index in [1.54, 1.807) is 17.0 Å². The molecule has 30 heavy (non-hydrogen) atoms. The number of carbonyl (C=O) groups excluding carboxylic acids is 1. The smallest absolute Gasteiger partial charge is 0.289 e. The molecule has 2 aromatic carbocycles. The van der Waals surface area contributed by atoms with Gasteiger partial charge in [-0.15, -0.1) is 0 Å². The van der Waals surface area contributed by atoms with Crippen molar-refractivity contribution in [2.75, 3.05) is 33.3 Å². The highest BCUT2D eigenvalue weighted by Crippen LogP contribution is 2.29. The topological polar surface area (TPSA) is 80.1 Å². The molecule has 3 aromatic rings. The first kappa shape index (κ1) is 20.4. The molecule has 1 fully saturated rings. The van der Waals surface area contributed by atoms with Gasteiger partial charge >= 0.3 is 0 Å². The number of nitrogens with zero attached hydrogens (tertiary/aromatic N) is 2. The summed E-state index contributed by atoms with van der Waals surface area (Å²) >= 11 is 0. The molecule has 2 heterocycles. The Bertz CT molecular complexity index is 1170. The molecule has 1 saturated heterocycles. The first-order valence-electron chi connectivity index (χ1n) is 9.52. The minimum absolute atomic E-state index is 0.0352. The fourth-order valence-corrected chi connectivity index (χ4v) is 5.02. The first-order valence-corrected chi connectivity index (χ1v) is 11.0. The van der Waals surface area contributed by atoms with Gasteiger partial charge in [-0.1, -0.05) is 12.1 Å². The second-order valence-corrected chi connectivity index (χ2v) is 8.93. The summed E-state index contributed by atoms with van der Waals surface area (Å²) in [6, 6.07) is 11.8. The van der Waals surface area contributed by atoms with Gasteiger partial charge in [0.25, 0.3) is 5.91 Å². The van der Waals surface area contributed by atoms with E-state index in [0.717, 1.165) is 17.5 Å². The molecular weight excluding hydrogens is 411 g/mol. The molecule has 158 valence electrons. The van der Waals surface area contributed by atoms with E-state index in [1.807, 2.05) is 12.1 Å². The van der Waals surface area contributed by atoms with Crippen LogP contribution in [-0.2, 0) is 10.0 Å². The van der Waals surface area contributed by atoms with E-state index in [0.29, 0.717) is 24.3 Å². The zero-order valence-electron chi connectivity index (χ0n) is 16.4. The third-order valence-electron chi connectivity index (χ3n) is 5.13. The Balaban J connectivity index is 1.51. The summed E-state index contributed by atoms with van der Waals surface area (Å²) in [5.74, 6) is -0.0679. The van der Waals surface area contributed by atoms with Crippen molar-refractivity contribution in [2.24, 2.45) is 0 Å². The van der Waals surface area contributed by atoms with E-state index < -0.39 is 15.8 Å². The van der Waals surface area contributed by atoms with E-state index in [9.17, 15) is 17.6 Å². The summed E-state index contributed by atoms with van der Waals surface area (Å²) in [6.45, 7) is 1.06. The molecule has 0 N–H and O–H groups in total. The van der Waals surface area contributed by atoms with Crippen LogP contribution in [0.25, 0.3) is 11.0 Å². The number of hydrogen-bond donors (Lipinski definition) is 0. The normalized spacial score (nSPS) is 15.9. The zero-order valence-corrected chi connectivity index (χ0v) is 17.2. The van der Waals surface area contributed by atoms with Gasteiger partial charge in [-0.25, -0.2) is 12.8 Å². The van der Waals surface area contributed by atoms with E-state index in [1.165, 1.54) is 23.5 Å². The summed E-state index contributed by atoms with van der Waals surface area (Å²) in [7, 11) is -2.23. The van der Waals surface area contributed by atoms with Gasteiger partial charge in [-0.2, -0.15) is 4.31 Å². The van der Waals surface area contributed by atoms with Gasteiger partial charge in [-0.05, 0) is 42.8 Å². The molecule has 9 heteroatoms. The summed E-state index contributed by atoms with van der Waals surface area (Å²) in [5, 5.41) is 0.757. The first-order chi connectivity index (χ1) is 14.4. The molecule has 0 aliphatic carbocycles. The number of fused-ring (bicyclic) bond motifs is 1. The Labute approximate surface area is 173 Å². The number of hydrogen-bond acceptors (Lipinski definition) is 5. The van der Waals surface area contributed by atoms with E-state index in [4.69, 9.17) is 9.15 Å². The van der Waals surface area contributed by atoms with Crippen molar-refractivity contribution < 1.29 is 26.8 Å². The number of rotatable bonds is 4. The highest BCUT2D eigenvalue weighted by atomic mass is 32.2. The summed E-state index contributed by atoms with van der Waals surface area (Å²) in [6.07, 6.45) is 0.482. The van der Waals surface area contributed by atoms with Gasteiger partial charge in [0.05, 0.1) is 12.0 Å². The van der Waals surface area contributed by atoms with E-state index in [2.05, 4.69) is 0 Å². The molecule has 7 nitrogen and oxygen atoms in total. The van der Waals surface area contributed by atoms with Crippen LogP contribution in [0, 0.1) is 5.82 Å². The molecule has 1 aliphatic rings. The van der Waals surface area contributed by atoms with Crippen molar-refractivity contribution >= 4 is 26.9 Å². The fraction of sp³-hybridized carbons (Fsp3) is 0.286. The summed E-state index contributed by atoms with van der Waals surface area (Å²) < 4.78 is 51.2. The lowest BCUT2D eigenvalue weighted by atomic mass is 10.2. The monoisotopic (exact) mass is 432 g/mol. The van der Waals surface area contributed by atoms with Crippen molar-refractivity contribution in [3.63, 3.8) is 0 Å².